The number of hydrogen-bond donors (Lipinski definition) is 1. The van der Waals surface area contributed by atoms with Crippen molar-refractivity contribution in [1.29, 1.82) is 0 Å². The van der Waals surface area contributed by atoms with E-state index >= 15 is 0 Å². The first kappa shape index (κ1) is 12.2. The zero-order valence-corrected chi connectivity index (χ0v) is 10.8. The molecular weight excluding hydrogens is 263 g/mol. The molecule has 1 aliphatic heterocycles. The van der Waals surface area contributed by atoms with Crippen molar-refractivity contribution in [3.63, 3.8) is 0 Å². The molecule has 0 bridgehead atoms. The molecule has 4 nitrogen and oxygen atoms in total. The largest absolute Gasteiger partial charge is 0.497 e. The first-order valence-corrected chi connectivity index (χ1v) is 5.64. The van der Waals surface area contributed by atoms with Crippen LogP contribution in [0.4, 0.5) is 11.4 Å². The molecule has 0 saturated carbocycles. The number of nitrogens with one attached hydrogen (secondary N) is 1. The summed E-state index contributed by atoms with van der Waals surface area (Å²) in [6.45, 7) is 1.61. The van der Waals surface area contributed by atoms with Gasteiger partial charge in [0.05, 0.1) is 24.2 Å². The molecule has 1 aromatic rings. The van der Waals surface area contributed by atoms with E-state index in [4.69, 9.17) is 27.9 Å². The maximum atomic E-state index is 11.8. The molecule has 1 aromatic carbocycles. The van der Waals surface area contributed by atoms with E-state index in [1.807, 2.05) is 0 Å². The standard InChI is InChI=1S/C11H10Cl2N2O2/c1-6-11(12,13)10(16)15-9-5-7(17-2)3-4-8(9)14-6/h3-5H,1-2H3,(H,15,16). The van der Waals surface area contributed by atoms with Crippen molar-refractivity contribution in [2.75, 3.05) is 12.4 Å². The molecule has 0 fully saturated rings. The number of halogens is 2. The number of amides is 1. The average molecular weight is 273 g/mol. The molecule has 90 valence electrons. The number of rotatable bonds is 1. The second kappa shape index (κ2) is 4.20. The van der Waals surface area contributed by atoms with Gasteiger partial charge in [0.2, 0.25) is 4.33 Å². The Labute approximate surface area is 109 Å². The molecule has 6 heteroatoms. The van der Waals surface area contributed by atoms with Crippen LogP contribution < -0.4 is 10.1 Å². The van der Waals surface area contributed by atoms with Gasteiger partial charge in [-0.05, 0) is 19.1 Å². The quantitative estimate of drug-likeness (QED) is 0.800. The summed E-state index contributed by atoms with van der Waals surface area (Å²) in [5.74, 6) is 0.0997. The van der Waals surface area contributed by atoms with Crippen LogP contribution in [0.5, 0.6) is 5.75 Å². The van der Waals surface area contributed by atoms with E-state index in [9.17, 15) is 4.79 Å². The fourth-order valence-electron chi connectivity index (χ4n) is 1.46. The van der Waals surface area contributed by atoms with Gasteiger partial charge in [0, 0.05) is 6.07 Å². The second-order valence-electron chi connectivity index (χ2n) is 3.61. The van der Waals surface area contributed by atoms with E-state index in [1.54, 1.807) is 32.2 Å². The van der Waals surface area contributed by atoms with Crippen LogP contribution in [-0.4, -0.2) is 23.1 Å². The summed E-state index contributed by atoms with van der Waals surface area (Å²) >= 11 is 11.9. The minimum atomic E-state index is -1.65. The number of methoxy groups -OCH3 is 1. The summed E-state index contributed by atoms with van der Waals surface area (Å²) in [6, 6.07) is 5.14. The van der Waals surface area contributed by atoms with Gasteiger partial charge in [0.1, 0.15) is 5.75 Å². The zero-order chi connectivity index (χ0) is 12.6. The maximum absolute atomic E-state index is 11.8. The molecule has 17 heavy (non-hydrogen) atoms. The minimum absolute atomic E-state index is 0.335. The number of hydrogen-bond acceptors (Lipinski definition) is 3. The van der Waals surface area contributed by atoms with E-state index in [-0.39, 0.29) is 0 Å². The summed E-state index contributed by atoms with van der Waals surface area (Å²) in [5.41, 5.74) is 1.46. The molecule has 2 rings (SSSR count). The zero-order valence-electron chi connectivity index (χ0n) is 9.25. The van der Waals surface area contributed by atoms with Gasteiger partial charge in [-0.15, -0.1) is 0 Å². The van der Waals surface area contributed by atoms with Crippen molar-refractivity contribution in [2.45, 2.75) is 11.3 Å². The predicted octanol–water partition coefficient (Wildman–Crippen LogP) is 2.91. The Balaban J connectivity index is 2.54. The molecule has 0 spiro atoms. The lowest BCUT2D eigenvalue weighted by Crippen LogP contribution is -2.37. The number of ether oxygens (including phenoxy) is 1. The van der Waals surface area contributed by atoms with Gasteiger partial charge >= 0.3 is 0 Å². The first-order chi connectivity index (χ1) is 7.95. The van der Waals surface area contributed by atoms with Crippen molar-refractivity contribution in [3.8, 4) is 5.75 Å². The Kier molecular flexibility index (Phi) is 3.02. The van der Waals surface area contributed by atoms with Crippen molar-refractivity contribution < 1.29 is 9.53 Å². The van der Waals surface area contributed by atoms with Crippen LogP contribution in [-0.2, 0) is 4.79 Å². The van der Waals surface area contributed by atoms with Gasteiger partial charge in [-0.25, -0.2) is 0 Å². The normalized spacial score (nSPS) is 17.6. The van der Waals surface area contributed by atoms with Crippen LogP contribution in [0, 0.1) is 0 Å². The number of benzene rings is 1. The molecule has 0 atom stereocenters. The van der Waals surface area contributed by atoms with E-state index in [2.05, 4.69) is 10.3 Å². The van der Waals surface area contributed by atoms with E-state index in [0.29, 0.717) is 22.8 Å². The summed E-state index contributed by atoms with van der Waals surface area (Å²) in [7, 11) is 1.54. The number of alkyl halides is 2. The Morgan fingerprint density at radius 1 is 1.41 bits per heavy atom. The summed E-state index contributed by atoms with van der Waals surface area (Å²) in [5, 5.41) is 2.62. The topological polar surface area (TPSA) is 50.7 Å². The monoisotopic (exact) mass is 272 g/mol. The predicted molar refractivity (Wildman–Crippen MR) is 68.8 cm³/mol. The van der Waals surface area contributed by atoms with Crippen LogP contribution >= 0.6 is 23.2 Å². The summed E-state index contributed by atoms with van der Waals surface area (Å²) in [6.07, 6.45) is 0. The van der Waals surface area contributed by atoms with E-state index < -0.39 is 10.2 Å². The molecule has 0 saturated heterocycles. The lowest BCUT2D eigenvalue weighted by atomic mass is 10.2. The molecule has 0 aromatic heterocycles. The van der Waals surface area contributed by atoms with Gasteiger partial charge in [0.15, 0.2) is 0 Å². The van der Waals surface area contributed by atoms with Crippen molar-refractivity contribution in [2.24, 2.45) is 4.99 Å². The highest BCUT2D eigenvalue weighted by molar-refractivity contribution is 6.69. The Hall–Kier alpha value is -1.26. The van der Waals surface area contributed by atoms with Gasteiger partial charge in [0.25, 0.3) is 5.91 Å². The van der Waals surface area contributed by atoms with Gasteiger partial charge < -0.3 is 10.1 Å². The number of carbonyl (C=O) groups is 1. The Bertz CT molecular complexity index is 512. The number of aliphatic imine (C=N–C) groups is 1. The van der Waals surface area contributed by atoms with Crippen LogP contribution in [0.1, 0.15) is 6.92 Å². The summed E-state index contributed by atoms with van der Waals surface area (Å²) in [4.78, 5) is 16.0. The Morgan fingerprint density at radius 2 is 2.12 bits per heavy atom. The van der Waals surface area contributed by atoms with Gasteiger partial charge in [-0.2, -0.15) is 0 Å². The van der Waals surface area contributed by atoms with Crippen LogP contribution in [0.15, 0.2) is 23.2 Å². The number of nitrogens with zero attached hydrogens (tertiary/aromatic N) is 1. The van der Waals surface area contributed by atoms with Crippen LogP contribution in [0.25, 0.3) is 0 Å². The van der Waals surface area contributed by atoms with E-state index in [1.165, 1.54) is 0 Å². The highest BCUT2D eigenvalue weighted by Gasteiger charge is 2.39. The first-order valence-electron chi connectivity index (χ1n) is 4.88. The Morgan fingerprint density at radius 3 is 2.76 bits per heavy atom. The molecule has 1 heterocycles. The SMILES string of the molecule is COc1ccc2c(c1)NC(=O)C(Cl)(Cl)C(C)=N2. The number of carbonyl (C=O) groups excluding carboxylic acids is 1. The fraction of sp³-hybridized carbons (Fsp3) is 0.273. The molecule has 0 unspecified atom stereocenters. The third-order valence-electron chi connectivity index (χ3n) is 2.48. The highest BCUT2D eigenvalue weighted by atomic mass is 35.5. The highest BCUT2D eigenvalue weighted by Crippen LogP contribution is 2.36. The van der Waals surface area contributed by atoms with Crippen LogP contribution in [0.3, 0.4) is 0 Å². The lowest BCUT2D eigenvalue weighted by molar-refractivity contribution is -0.115. The number of fused-ring (bicyclic) bond motifs is 1. The molecular formula is C11H10Cl2N2O2. The molecule has 1 N–H and O–H groups in total. The van der Waals surface area contributed by atoms with Gasteiger partial charge in [-0.1, -0.05) is 23.2 Å². The minimum Gasteiger partial charge on any atom is -0.497 e. The van der Waals surface area contributed by atoms with E-state index in [0.717, 1.165) is 0 Å². The lowest BCUT2D eigenvalue weighted by Gasteiger charge is -2.15. The average Bonchev–Trinajstić information content (AvgIpc) is 2.37. The maximum Gasteiger partial charge on any atom is 0.266 e. The number of anilines is 1. The van der Waals surface area contributed by atoms with Gasteiger partial charge in [-0.3, -0.25) is 9.79 Å². The molecule has 0 radical (unpaired) electrons. The third kappa shape index (κ3) is 2.10. The fourth-order valence-corrected chi connectivity index (χ4v) is 1.63. The molecule has 0 aliphatic carbocycles. The molecule has 1 aliphatic rings. The smallest absolute Gasteiger partial charge is 0.266 e. The van der Waals surface area contributed by atoms with Crippen molar-refractivity contribution in [3.05, 3.63) is 18.2 Å². The van der Waals surface area contributed by atoms with Crippen molar-refractivity contribution in [1.82, 2.24) is 0 Å². The van der Waals surface area contributed by atoms with Crippen LogP contribution in [0.2, 0.25) is 0 Å². The molecule has 1 amide bonds. The third-order valence-corrected chi connectivity index (χ3v) is 3.37. The summed E-state index contributed by atoms with van der Waals surface area (Å²) < 4.78 is 3.42. The van der Waals surface area contributed by atoms with Crippen molar-refractivity contribution >= 4 is 46.2 Å². The second-order valence-corrected chi connectivity index (χ2v) is 4.94.